The highest BCUT2D eigenvalue weighted by atomic mass is 16.5. The largest absolute Gasteiger partial charge is 0.497 e. The van der Waals surface area contributed by atoms with Crippen LogP contribution in [-0.4, -0.2) is 39.0 Å². The summed E-state index contributed by atoms with van der Waals surface area (Å²) in [6.07, 6.45) is 4.95. The lowest BCUT2D eigenvalue weighted by Gasteiger charge is -2.17. The number of aliphatic carboxylic acids is 1. The van der Waals surface area contributed by atoms with Crippen LogP contribution in [0.5, 0.6) is 5.75 Å². The molecule has 0 aliphatic heterocycles. The molecular weight excluding hydrogens is 504 g/mol. The summed E-state index contributed by atoms with van der Waals surface area (Å²) in [4.78, 5) is 35.7. The van der Waals surface area contributed by atoms with Gasteiger partial charge in [-0.1, -0.05) is 49.2 Å². The van der Waals surface area contributed by atoms with Crippen molar-refractivity contribution < 1.29 is 19.4 Å². The Morgan fingerprint density at radius 3 is 2.62 bits per heavy atom. The van der Waals surface area contributed by atoms with E-state index >= 15 is 0 Å². The van der Waals surface area contributed by atoms with E-state index in [0.29, 0.717) is 18.7 Å². The van der Waals surface area contributed by atoms with Crippen molar-refractivity contribution in [2.45, 2.75) is 51.5 Å². The number of rotatable bonds is 12. The predicted octanol–water partition coefficient (Wildman–Crippen LogP) is 6.46. The summed E-state index contributed by atoms with van der Waals surface area (Å²) in [6, 6.07) is 20.0. The van der Waals surface area contributed by atoms with Gasteiger partial charge in [0.25, 0.3) is 0 Å². The minimum absolute atomic E-state index is 0.106. The summed E-state index contributed by atoms with van der Waals surface area (Å²) in [5.74, 6) is 0.531. The van der Waals surface area contributed by atoms with Gasteiger partial charge in [-0.25, -0.2) is 4.98 Å². The summed E-state index contributed by atoms with van der Waals surface area (Å²) in [6.45, 7) is 1.97. The van der Waals surface area contributed by atoms with Gasteiger partial charge in [0.15, 0.2) is 0 Å². The lowest BCUT2D eigenvalue weighted by atomic mass is 10.0. The van der Waals surface area contributed by atoms with E-state index in [4.69, 9.17) is 9.84 Å². The summed E-state index contributed by atoms with van der Waals surface area (Å²) in [7, 11) is 1.63. The molecular formula is C32H34N4O4. The number of aromatic nitrogens is 3. The first-order chi connectivity index (χ1) is 19.4. The van der Waals surface area contributed by atoms with Gasteiger partial charge in [0.05, 0.1) is 31.5 Å². The topological polar surface area (TPSA) is 120 Å². The highest BCUT2D eigenvalue weighted by molar-refractivity contribution is 5.91. The second-order valence-corrected chi connectivity index (χ2v) is 10.2. The van der Waals surface area contributed by atoms with Crippen LogP contribution in [0.3, 0.4) is 0 Å². The van der Waals surface area contributed by atoms with Gasteiger partial charge in [0.2, 0.25) is 5.91 Å². The van der Waals surface area contributed by atoms with Crippen molar-refractivity contribution in [3.63, 3.8) is 0 Å². The third-order valence-corrected chi connectivity index (χ3v) is 7.37. The van der Waals surface area contributed by atoms with Crippen LogP contribution in [0.25, 0.3) is 32.9 Å². The molecule has 3 aromatic carbocycles. The summed E-state index contributed by atoms with van der Waals surface area (Å²) >= 11 is 0. The Bertz CT molecular complexity index is 1650. The van der Waals surface area contributed by atoms with Crippen LogP contribution in [0, 0.1) is 6.92 Å². The molecule has 0 bridgehead atoms. The molecule has 0 saturated carbocycles. The van der Waals surface area contributed by atoms with Crippen LogP contribution in [-0.2, 0) is 16.0 Å². The Hall–Kier alpha value is -4.59. The number of H-pyrrole nitrogens is 2. The Labute approximate surface area is 232 Å². The molecule has 0 aliphatic carbocycles. The maximum atomic E-state index is 13.4. The first-order valence-electron chi connectivity index (χ1n) is 13.6. The minimum atomic E-state index is -0.790. The fourth-order valence-electron chi connectivity index (χ4n) is 5.22. The molecule has 8 nitrogen and oxygen atoms in total. The minimum Gasteiger partial charge on any atom is -0.497 e. The predicted molar refractivity (Wildman–Crippen MR) is 156 cm³/mol. The van der Waals surface area contributed by atoms with Crippen molar-refractivity contribution in [3.8, 4) is 17.0 Å². The summed E-state index contributed by atoms with van der Waals surface area (Å²) in [5, 5.41) is 15.4. The van der Waals surface area contributed by atoms with Gasteiger partial charge < -0.3 is 25.1 Å². The van der Waals surface area contributed by atoms with E-state index in [1.165, 1.54) is 5.39 Å². The Morgan fingerprint density at radius 1 is 1.00 bits per heavy atom. The number of fused-ring (bicyclic) bond motifs is 2. The average molecular weight is 539 g/mol. The highest BCUT2D eigenvalue weighted by Crippen LogP contribution is 2.28. The number of aromatic amines is 2. The number of carbonyl (C=O) groups is 2. The summed E-state index contributed by atoms with van der Waals surface area (Å²) < 4.78 is 5.39. The number of unbranched alkanes of at least 4 members (excludes halogenated alkanes) is 2. The van der Waals surface area contributed by atoms with Gasteiger partial charge in [-0.2, -0.15) is 0 Å². The number of hydrogen-bond acceptors (Lipinski definition) is 4. The number of nitrogens with one attached hydrogen (secondary N) is 3. The van der Waals surface area contributed by atoms with E-state index in [1.807, 2.05) is 37.3 Å². The number of hydrogen-bond donors (Lipinski definition) is 4. The normalized spacial score (nSPS) is 12.1. The van der Waals surface area contributed by atoms with Crippen LogP contribution >= 0.6 is 0 Å². The zero-order valence-corrected chi connectivity index (χ0v) is 22.8. The zero-order chi connectivity index (χ0) is 28.1. The van der Waals surface area contributed by atoms with Gasteiger partial charge in [-0.05, 0) is 60.4 Å². The molecule has 2 heterocycles. The SMILES string of the molecule is COc1ccc2[nH]c(C)c(CC(=O)NC(CCCCCC(=O)O)c3ncc(-c4ccc5ccccc5c4)[nH]3)c2c1. The molecule has 4 N–H and O–H groups in total. The quantitative estimate of drug-likeness (QED) is 0.136. The average Bonchev–Trinajstić information content (AvgIpc) is 3.56. The van der Waals surface area contributed by atoms with Crippen molar-refractivity contribution in [2.75, 3.05) is 7.11 Å². The Balaban J connectivity index is 1.35. The number of carboxylic acid groups (broad SMARTS) is 1. The number of nitrogens with zero attached hydrogens (tertiary/aromatic N) is 1. The van der Waals surface area contributed by atoms with Crippen LogP contribution in [0.1, 0.15) is 55.2 Å². The van der Waals surface area contributed by atoms with Gasteiger partial charge in [0.1, 0.15) is 11.6 Å². The van der Waals surface area contributed by atoms with E-state index in [2.05, 4.69) is 50.6 Å². The molecule has 0 spiro atoms. The Kier molecular flexibility index (Phi) is 8.15. The number of imidazole rings is 1. The molecule has 8 heteroatoms. The third kappa shape index (κ3) is 6.17. The maximum Gasteiger partial charge on any atom is 0.303 e. The fourth-order valence-corrected chi connectivity index (χ4v) is 5.22. The van der Waals surface area contributed by atoms with E-state index in [0.717, 1.165) is 57.4 Å². The molecule has 5 aromatic rings. The molecule has 0 saturated heterocycles. The molecule has 2 aromatic heterocycles. The van der Waals surface area contributed by atoms with Crippen molar-refractivity contribution in [3.05, 3.63) is 83.9 Å². The molecule has 0 radical (unpaired) electrons. The van der Waals surface area contributed by atoms with Gasteiger partial charge in [-0.3, -0.25) is 9.59 Å². The molecule has 40 heavy (non-hydrogen) atoms. The van der Waals surface area contributed by atoms with E-state index in [-0.39, 0.29) is 24.8 Å². The first kappa shape index (κ1) is 27.0. The lowest BCUT2D eigenvalue weighted by molar-refractivity contribution is -0.137. The number of aryl methyl sites for hydroxylation is 1. The van der Waals surface area contributed by atoms with E-state index in [1.54, 1.807) is 13.3 Å². The van der Waals surface area contributed by atoms with Gasteiger partial charge >= 0.3 is 5.97 Å². The second kappa shape index (κ2) is 12.1. The molecule has 5 rings (SSSR count). The molecule has 1 unspecified atom stereocenters. The number of carbonyl (C=O) groups excluding carboxylic acids is 1. The maximum absolute atomic E-state index is 13.4. The number of carboxylic acids is 1. The van der Waals surface area contributed by atoms with Crippen molar-refractivity contribution in [2.24, 2.45) is 0 Å². The first-order valence-corrected chi connectivity index (χ1v) is 13.6. The summed E-state index contributed by atoms with van der Waals surface area (Å²) in [5.41, 5.74) is 4.74. The zero-order valence-electron chi connectivity index (χ0n) is 22.8. The number of methoxy groups -OCH3 is 1. The Morgan fingerprint density at radius 2 is 1.82 bits per heavy atom. The number of amides is 1. The van der Waals surface area contributed by atoms with Crippen molar-refractivity contribution in [1.29, 1.82) is 0 Å². The third-order valence-electron chi connectivity index (χ3n) is 7.37. The van der Waals surface area contributed by atoms with Crippen molar-refractivity contribution in [1.82, 2.24) is 20.3 Å². The lowest BCUT2D eigenvalue weighted by Crippen LogP contribution is -2.30. The van der Waals surface area contributed by atoms with E-state index < -0.39 is 5.97 Å². The number of ether oxygens (including phenoxy) is 1. The van der Waals surface area contributed by atoms with Crippen LogP contribution in [0.4, 0.5) is 0 Å². The van der Waals surface area contributed by atoms with Crippen LogP contribution < -0.4 is 10.1 Å². The molecule has 0 fully saturated rings. The molecule has 206 valence electrons. The van der Waals surface area contributed by atoms with Crippen LogP contribution in [0.2, 0.25) is 0 Å². The fraction of sp³-hybridized carbons (Fsp3) is 0.281. The number of benzene rings is 3. The van der Waals surface area contributed by atoms with Gasteiger partial charge in [-0.15, -0.1) is 0 Å². The highest BCUT2D eigenvalue weighted by Gasteiger charge is 2.20. The van der Waals surface area contributed by atoms with Gasteiger partial charge in [0, 0.05) is 28.6 Å². The molecule has 0 aliphatic rings. The molecule has 1 atom stereocenters. The monoisotopic (exact) mass is 538 g/mol. The standard InChI is InChI=1S/C32H34N4O4/c1-20-25(26-17-24(40-2)14-15-27(26)34-20)18-30(37)35-28(10-4-3-5-11-31(38)39)32-33-19-29(36-32)23-13-12-21-8-6-7-9-22(21)16-23/h6-9,12-17,19,28,34H,3-5,10-11,18H2,1-2H3,(H,33,36)(H,35,37)(H,38,39). The van der Waals surface area contributed by atoms with E-state index in [9.17, 15) is 9.59 Å². The molecule has 1 amide bonds. The smallest absolute Gasteiger partial charge is 0.303 e. The van der Waals surface area contributed by atoms with Crippen molar-refractivity contribution >= 4 is 33.6 Å². The second-order valence-electron chi connectivity index (χ2n) is 10.2. The van der Waals surface area contributed by atoms with Crippen LogP contribution in [0.15, 0.2) is 66.9 Å².